The summed E-state index contributed by atoms with van der Waals surface area (Å²) in [4.78, 5) is 20.4. The van der Waals surface area contributed by atoms with Crippen LogP contribution in [0, 0.1) is 0 Å². The van der Waals surface area contributed by atoms with Crippen LogP contribution in [0.3, 0.4) is 0 Å². The van der Waals surface area contributed by atoms with Gasteiger partial charge in [0, 0.05) is 17.1 Å². The second-order valence-corrected chi connectivity index (χ2v) is 8.42. The van der Waals surface area contributed by atoms with Crippen LogP contribution >= 0.6 is 23.5 Å². The number of pyridine rings is 1. The number of thioether (sulfide) groups is 2. The molecule has 4 rings (SSSR count). The van der Waals surface area contributed by atoms with Crippen molar-refractivity contribution in [2.24, 2.45) is 0 Å². The van der Waals surface area contributed by atoms with E-state index in [0.29, 0.717) is 16.1 Å². The Kier molecular flexibility index (Phi) is 5.59. The Morgan fingerprint density at radius 3 is 2.81 bits per heavy atom. The van der Waals surface area contributed by atoms with Crippen LogP contribution in [-0.4, -0.2) is 43.8 Å². The second-order valence-electron chi connectivity index (χ2n) is 5.69. The quantitative estimate of drug-likeness (QED) is 0.682. The molecule has 1 aliphatic heterocycles. The third kappa shape index (κ3) is 4.42. The first-order chi connectivity index (χ1) is 13.3. The van der Waals surface area contributed by atoms with Crippen molar-refractivity contribution in [2.75, 3.05) is 23.4 Å². The minimum Gasteiger partial charge on any atom is -0.483 e. The van der Waals surface area contributed by atoms with Crippen LogP contribution in [0.5, 0.6) is 5.75 Å². The highest BCUT2D eigenvalue weighted by Crippen LogP contribution is 2.48. The number of amides is 1. The number of nitrogens with zero attached hydrogens (tertiary/aromatic N) is 4. The second kappa shape index (κ2) is 8.45. The van der Waals surface area contributed by atoms with Gasteiger partial charge in [0.2, 0.25) is 0 Å². The molecule has 138 valence electrons. The smallest absolute Gasteiger partial charge is 0.262 e. The first-order valence-electron chi connectivity index (χ1n) is 8.35. The minimum absolute atomic E-state index is 0.0517. The van der Waals surface area contributed by atoms with E-state index in [1.54, 1.807) is 29.3 Å². The van der Waals surface area contributed by atoms with Gasteiger partial charge in [-0.3, -0.25) is 4.79 Å². The molecule has 1 aromatic carbocycles. The van der Waals surface area contributed by atoms with Gasteiger partial charge in [-0.05, 0) is 18.2 Å². The lowest BCUT2D eigenvalue weighted by Crippen LogP contribution is -2.20. The van der Waals surface area contributed by atoms with Gasteiger partial charge < -0.3 is 10.1 Å². The third-order valence-corrected chi connectivity index (χ3v) is 6.91. The van der Waals surface area contributed by atoms with Crippen molar-refractivity contribution in [2.45, 2.75) is 4.58 Å². The molecular formula is C18H17N5O2S2. The van der Waals surface area contributed by atoms with Gasteiger partial charge in [-0.25, -0.2) is 14.6 Å². The molecule has 1 aliphatic rings. The SMILES string of the molecule is O=C(COc1ccccc1C1SCCS1)Nc1ccc(-n2cncn2)nc1. The molecule has 0 saturated carbocycles. The highest BCUT2D eigenvalue weighted by molar-refractivity contribution is 8.19. The Morgan fingerprint density at radius 1 is 1.22 bits per heavy atom. The molecule has 0 spiro atoms. The molecule has 1 N–H and O–H groups in total. The van der Waals surface area contributed by atoms with Crippen LogP contribution in [-0.2, 0) is 4.79 Å². The van der Waals surface area contributed by atoms with Crippen LogP contribution in [0.25, 0.3) is 5.82 Å². The van der Waals surface area contributed by atoms with E-state index in [0.717, 1.165) is 22.8 Å². The maximum absolute atomic E-state index is 12.2. The normalized spacial score (nSPS) is 14.2. The third-order valence-electron chi connectivity index (χ3n) is 3.84. The number of ether oxygens (including phenoxy) is 1. The zero-order chi connectivity index (χ0) is 18.5. The number of benzene rings is 1. The summed E-state index contributed by atoms with van der Waals surface area (Å²) < 4.78 is 7.70. The van der Waals surface area contributed by atoms with Gasteiger partial charge in [-0.15, -0.1) is 23.5 Å². The van der Waals surface area contributed by atoms with Crippen molar-refractivity contribution in [3.63, 3.8) is 0 Å². The number of hydrogen-bond donors (Lipinski definition) is 1. The van der Waals surface area contributed by atoms with E-state index < -0.39 is 0 Å². The highest BCUT2D eigenvalue weighted by atomic mass is 32.2. The van der Waals surface area contributed by atoms with Gasteiger partial charge in [-0.1, -0.05) is 18.2 Å². The van der Waals surface area contributed by atoms with Gasteiger partial charge in [-0.2, -0.15) is 5.10 Å². The van der Waals surface area contributed by atoms with Gasteiger partial charge in [0.1, 0.15) is 18.4 Å². The molecule has 27 heavy (non-hydrogen) atoms. The summed E-state index contributed by atoms with van der Waals surface area (Å²) in [6.07, 6.45) is 4.58. The largest absolute Gasteiger partial charge is 0.483 e. The Labute approximate surface area is 164 Å². The summed E-state index contributed by atoms with van der Waals surface area (Å²) in [5.74, 6) is 3.44. The number of para-hydroxylation sites is 1. The topological polar surface area (TPSA) is 81.9 Å². The van der Waals surface area contributed by atoms with Crippen LogP contribution in [0.1, 0.15) is 10.1 Å². The molecule has 1 saturated heterocycles. The van der Waals surface area contributed by atoms with Crippen molar-refractivity contribution < 1.29 is 9.53 Å². The predicted molar refractivity (Wildman–Crippen MR) is 107 cm³/mol. The molecule has 0 bridgehead atoms. The van der Waals surface area contributed by atoms with Crippen LogP contribution in [0.2, 0.25) is 0 Å². The van der Waals surface area contributed by atoms with E-state index in [2.05, 4.69) is 26.4 Å². The van der Waals surface area contributed by atoms with Gasteiger partial charge in [0.15, 0.2) is 12.4 Å². The molecule has 7 nitrogen and oxygen atoms in total. The first-order valence-corrected chi connectivity index (χ1v) is 10.5. The van der Waals surface area contributed by atoms with E-state index in [1.165, 1.54) is 6.33 Å². The zero-order valence-corrected chi connectivity index (χ0v) is 15.9. The standard InChI is InChI=1S/C18H17N5O2S2/c24-17(22-13-5-6-16(20-9-13)23-12-19-11-21-23)10-25-15-4-2-1-3-14(15)18-26-7-8-27-18/h1-6,9,11-12,18H,7-8,10H2,(H,22,24). The lowest BCUT2D eigenvalue weighted by molar-refractivity contribution is -0.118. The fraction of sp³-hybridized carbons (Fsp3) is 0.222. The Bertz CT molecular complexity index is 896. The molecule has 0 aliphatic carbocycles. The zero-order valence-electron chi connectivity index (χ0n) is 14.3. The maximum Gasteiger partial charge on any atom is 0.262 e. The van der Waals surface area contributed by atoms with Crippen molar-refractivity contribution >= 4 is 35.1 Å². The maximum atomic E-state index is 12.2. The average Bonchev–Trinajstić information content (AvgIpc) is 3.41. The van der Waals surface area contributed by atoms with Crippen molar-refractivity contribution in [3.05, 3.63) is 60.8 Å². The molecule has 1 amide bonds. The molecule has 2 aromatic heterocycles. The van der Waals surface area contributed by atoms with E-state index in [9.17, 15) is 4.79 Å². The summed E-state index contributed by atoms with van der Waals surface area (Å²) in [5.41, 5.74) is 1.74. The fourth-order valence-corrected chi connectivity index (χ4v) is 5.52. The number of hydrogen-bond acceptors (Lipinski definition) is 7. The molecule has 1 fully saturated rings. The fourth-order valence-electron chi connectivity index (χ4n) is 2.61. The molecule has 3 aromatic rings. The summed E-state index contributed by atoms with van der Waals surface area (Å²) in [7, 11) is 0. The van der Waals surface area contributed by atoms with Crippen molar-refractivity contribution in [1.29, 1.82) is 0 Å². The highest BCUT2D eigenvalue weighted by Gasteiger charge is 2.21. The Morgan fingerprint density at radius 2 is 2.07 bits per heavy atom. The van der Waals surface area contributed by atoms with Gasteiger partial charge in [0.05, 0.1) is 16.5 Å². The van der Waals surface area contributed by atoms with E-state index in [1.807, 2.05) is 41.7 Å². The van der Waals surface area contributed by atoms with E-state index in [4.69, 9.17) is 4.74 Å². The lowest BCUT2D eigenvalue weighted by atomic mass is 10.2. The monoisotopic (exact) mass is 399 g/mol. The summed E-state index contributed by atoms with van der Waals surface area (Å²) >= 11 is 3.82. The number of rotatable bonds is 6. The summed E-state index contributed by atoms with van der Waals surface area (Å²) in [5, 5.41) is 6.80. The number of carbonyl (C=O) groups excluding carboxylic acids is 1. The van der Waals surface area contributed by atoms with E-state index >= 15 is 0 Å². The van der Waals surface area contributed by atoms with E-state index in [-0.39, 0.29) is 12.5 Å². The molecule has 0 atom stereocenters. The average molecular weight is 400 g/mol. The first kappa shape index (κ1) is 17.9. The molecular weight excluding hydrogens is 382 g/mol. The predicted octanol–water partition coefficient (Wildman–Crippen LogP) is 3.16. The lowest BCUT2D eigenvalue weighted by Gasteiger charge is -2.15. The van der Waals surface area contributed by atoms with Crippen molar-refractivity contribution in [1.82, 2.24) is 19.7 Å². The number of anilines is 1. The Balaban J connectivity index is 1.35. The summed E-state index contributed by atoms with van der Waals surface area (Å²) in [6, 6.07) is 11.4. The number of aromatic nitrogens is 4. The van der Waals surface area contributed by atoms with Crippen LogP contribution in [0.15, 0.2) is 55.2 Å². The number of carbonyl (C=O) groups is 1. The van der Waals surface area contributed by atoms with Gasteiger partial charge >= 0.3 is 0 Å². The van der Waals surface area contributed by atoms with Crippen molar-refractivity contribution in [3.8, 4) is 11.6 Å². The molecule has 0 radical (unpaired) electrons. The van der Waals surface area contributed by atoms with Crippen LogP contribution < -0.4 is 10.1 Å². The minimum atomic E-state index is -0.230. The summed E-state index contributed by atoms with van der Waals surface area (Å²) in [6.45, 7) is -0.0517. The molecule has 3 heterocycles. The molecule has 0 unspecified atom stereocenters. The molecule has 9 heteroatoms. The van der Waals surface area contributed by atoms with Gasteiger partial charge in [0.25, 0.3) is 5.91 Å². The Hall–Kier alpha value is -2.52. The number of nitrogens with one attached hydrogen (secondary N) is 1. The van der Waals surface area contributed by atoms with Crippen LogP contribution in [0.4, 0.5) is 5.69 Å².